The number of amides is 1. The van der Waals surface area contributed by atoms with Crippen molar-refractivity contribution in [1.29, 1.82) is 0 Å². The van der Waals surface area contributed by atoms with Crippen LogP contribution >= 0.6 is 0 Å². The van der Waals surface area contributed by atoms with Gasteiger partial charge in [0.2, 0.25) is 0 Å². The van der Waals surface area contributed by atoms with Gasteiger partial charge in [-0.2, -0.15) is 0 Å². The molecule has 160 valence electrons. The smallest absolute Gasteiger partial charge is 0.407 e. The first-order valence-electron chi connectivity index (χ1n) is 11.5. The minimum Gasteiger partial charge on any atom is -0.465 e. The lowest BCUT2D eigenvalue weighted by Gasteiger charge is -2.55. The molecule has 3 saturated heterocycles. The standard InChI is InChI=1S/C22H34N4O3/c1-2-20-22(14-26(20)21(27)28)8-5-17(12-22)24-10-6-16(7-11-24)25-9-3-4-18(25)19-13-23-15-29-19/h13,15-18,20H,2-12,14H2,1H3,(H,27,28)/t17?,18-,20?,22?/m1/s1. The van der Waals surface area contributed by atoms with E-state index in [4.69, 9.17) is 4.42 Å². The number of nitrogens with zero attached hydrogens (tertiary/aromatic N) is 4. The van der Waals surface area contributed by atoms with Crippen LogP contribution < -0.4 is 0 Å². The molecule has 4 aliphatic rings. The second-order valence-corrected chi connectivity index (χ2v) is 9.66. The van der Waals surface area contributed by atoms with Gasteiger partial charge in [0.1, 0.15) is 5.76 Å². The van der Waals surface area contributed by atoms with Gasteiger partial charge in [0.05, 0.1) is 12.2 Å². The van der Waals surface area contributed by atoms with Gasteiger partial charge in [0, 0.05) is 30.1 Å². The van der Waals surface area contributed by atoms with Crippen molar-refractivity contribution in [3.63, 3.8) is 0 Å². The highest BCUT2D eigenvalue weighted by Gasteiger charge is 2.57. The second-order valence-electron chi connectivity index (χ2n) is 9.66. The molecule has 1 spiro atoms. The van der Waals surface area contributed by atoms with Crippen LogP contribution in [0, 0.1) is 5.41 Å². The fourth-order valence-corrected chi connectivity index (χ4v) is 7.02. The van der Waals surface area contributed by atoms with E-state index in [-0.39, 0.29) is 11.5 Å². The average molecular weight is 403 g/mol. The molecule has 1 aromatic rings. The van der Waals surface area contributed by atoms with Crippen molar-refractivity contribution in [1.82, 2.24) is 19.7 Å². The summed E-state index contributed by atoms with van der Waals surface area (Å²) in [6, 6.07) is 1.93. The van der Waals surface area contributed by atoms with E-state index in [9.17, 15) is 9.90 Å². The third-order valence-corrected chi connectivity index (χ3v) is 8.38. The summed E-state index contributed by atoms with van der Waals surface area (Å²) in [5.41, 5.74) is 0.251. The van der Waals surface area contributed by atoms with Crippen LogP contribution in [-0.4, -0.2) is 75.2 Å². The Balaban J connectivity index is 1.16. The fourth-order valence-electron chi connectivity index (χ4n) is 7.02. The zero-order chi connectivity index (χ0) is 20.0. The number of aromatic nitrogens is 1. The number of oxazole rings is 1. The van der Waals surface area contributed by atoms with Crippen LogP contribution in [0.4, 0.5) is 4.79 Å². The molecular formula is C22H34N4O3. The molecule has 4 atom stereocenters. The average Bonchev–Trinajstić information content (AvgIpc) is 3.47. The van der Waals surface area contributed by atoms with E-state index >= 15 is 0 Å². The first-order valence-corrected chi connectivity index (χ1v) is 11.5. The molecule has 7 nitrogen and oxygen atoms in total. The maximum atomic E-state index is 11.4. The fraction of sp³-hybridized carbons (Fsp3) is 0.818. The number of carboxylic acid groups (broad SMARTS) is 1. The lowest BCUT2D eigenvalue weighted by Crippen LogP contribution is -2.65. The number of rotatable bonds is 4. The van der Waals surface area contributed by atoms with Crippen LogP contribution in [-0.2, 0) is 0 Å². The maximum Gasteiger partial charge on any atom is 0.407 e. The molecule has 3 aliphatic heterocycles. The van der Waals surface area contributed by atoms with Crippen LogP contribution in [0.15, 0.2) is 17.0 Å². The predicted octanol–water partition coefficient (Wildman–Crippen LogP) is 3.59. The van der Waals surface area contributed by atoms with Crippen molar-refractivity contribution < 1.29 is 14.3 Å². The number of hydrogen-bond donors (Lipinski definition) is 1. The van der Waals surface area contributed by atoms with Crippen molar-refractivity contribution >= 4 is 6.09 Å². The van der Waals surface area contributed by atoms with Crippen LogP contribution in [0.3, 0.4) is 0 Å². The normalized spacial score (nSPS) is 36.7. The van der Waals surface area contributed by atoms with Crippen LogP contribution in [0.2, 0.25) is 0 Å². The molecule has 4 fully saturated rings. The molecule has 3 unspecified atom stereocenters. The van der Waals surface area contributed by atoms with Crippen LogP contribution in [0.5, 0.6) is 0 Å². The number of piperidine rings is 1. The summed E-state index contributed by atoms with van der Waals surface area (Å²) in [6.07, 6.45) is 12.1. The summed E-state index contributed by atoms with van der Waals surface area (Å²) in [5.74, 6) is 1.03. The van der Waals surface area contributed by atoms with E-state index in [0.717, 1.165) is 18.7 Å². The van der Waals surface area contributed by atoms with E-state index in [1.165, 1.54) is 64.6 Å². The molecule has 0 radical (unpaired) electrons. The summed E-state index contributed by atoms with van der Waals surface area (Å²) in [7, 11) is 0. The van der Waals surface area contributed by atoms with E-state index in [1.54, 1.807) is 11.3 Å². The molecule has 1 aromatic heterocycles. The molecule has 1 N–H and O–H groups in total. The molecule has 0 aromatic carbocycles. The number of hydrogen-bond acceptors (Lipinski definition) is 5. The molecule has 7 heteroatoms. The summed E-state index contributed by atoms with van der Waals surface area (Å²) in [5, 5.41) is 9.42. The minimum atomic E-state index is -0.737. The van der Waals surface area contributed by atoms with Gasteiger partial charge in [-0.25, -0.2) is 9.78 Å². The third-order valence-electron chi connectivity index (χ3n) is 8.38. The molecule has 1 saturated carbocycles. The Bertz CT molecular complexity index is 718. The Labute approximate surface area is 173 Å². The van der Waals surface area contributed by atoms with Gasteiger partial charge in [0.15, 0.2) is 6.39 Å². The largest absolute Gasteiger partial charge is 0.465 e. The molecule has 1 aliphatic carbocycles. The molecular weight excluding hydrogens is 368 g/mol. The molecule has 0 bridgehead atoms. The monoisotopic (exact) mass is 402 g/mol. The van der Waals surface area contributed by atoms with Gasteiger partial charge in [-0.3, -0.25) is 4.90 Å². The van der Waals surface area contributed by atoms with E-state index in [2.05, 4.69) is 21.7 Å². The van der Waals surface area contributed by atoms with Crippen molar-refractivity contribution in [2.75, 3.05) is 26.2 Å². The zero-order valence-electron chi connectivity index (χ0n) is 17.5. The lowest BCUT2D eigenvalue weighted by atomic mass is 9.69. The van der Waals surface area contributed by atoms with Gasteiger partial charge >= 0.3 is 6.09 Å². The van der Waals surface area contributed by atoms with E-state index in [1.807, 2.05) is 6.20 Å². The Hall–Kier alpha value is -1.60. The summed E-state index contributed by atoms with van der Waals surface area (Å²) in [4.78, 5) is 22.6. The topological polar surface area (TPSA) is 73.1 Å². The third kappa shape index (κ3) is 3.26. The van der Waals surface area contributed by atoms with Gasteiger partial charge in [0.25, 0.3) is 0 Å². The Morgan fingerprint density at radius 1 is 1.24 bits per heavy atom. The first-order chi connectivity index (χ1) is 14.1. The highest BCUT2D eigenvalue weighted by Crippen LogP contribution is 2.53. The van der Waals surface area contributed by atoms with E-state index in [0.29, 0.717) is 18.1 Å². The summed E-state index contributed by atoms with van der Waals surface area (Å²) in [6.45, 7) is 6.41. The zero-order valence-corrected chi connectivity index (χ0v) is 17.5. The van der Waals surface area contributed by atoms with E-state index < -0.39 is 6.09 Å². The quantitative estimate of drug-likeness (QED) is 0.830. The predicted molar refractivity (Wildman–Crippen MR) is 109 cm³/mol. The SMILES string of the molecule is CCC1N(C(=O)O)CC12CCC(N1CCC(N3CCC[C@@H]3c3cnco3)CC1)C2. The maximum absolute atomic E-state index is 11.4. The molecule has 29 heavy (non-hydrogen) atoms. The molecule has 5 rings (SSSR count). The second kappa shape index (κ2) is 7.58. The van der Waals surface area contributed by atoms with Crippen molar-refractivity contribution in [3.8, 4) is 0 Å². The van der Waals surface area contributed by atoms with Crippen LogP contribution in [0.1, 0.15) is 70.1 Å². The Morgan fingerprint density at radius 2 is 2.07 bits per heavy atom. The number of carbonyl (C=O) groups is 1. The minimum absolute atomic E-state index is 0.231. The summed E-state index contributed by atoms with van der Waals surface area (Å²) >= 11 is 0. The van der Waals surface area contributed by atoms with Crippen molar-refractivity contribution in [2.24, 2.45) is 5.41 Å². The van der Waals surface area contributed by atoms with Gasteiger partial charge in [-0.05, 0) is 71.0 Å². The van der Waals surface area contributed by atoms with Gasteiger partial charge < -0.3 is 19.3 Å². The van der Waals surface area contributed by atoms with Gasteiger partial charge in [-0.15, -0.1) is 0 Å². The van der Waals surface area contributed by atoms with Crippen LogP contribution in [0.25, 0.3) is 0 Å². The Morgan fingerprint density at radius 3 is 2.76 bits per heavy atom. The highest BCUT2D eigenvalue weighted by molar-refractivity contribution is 5.67. The molecule has 1 amide bonds. The van der Waals surface area contributed by atoms with Crippen molar-refractivity contribution in [2.45, 2.75) is 82.5 Å². The first kappa shape index (κ1) is 19.4. The van der Waals surface area contributed by atoms with Crippen molar-refractivity contribution in [3.05, 3.63) is 18.4 Å². The molecule has 4 heterocycles. The van der Waals surface area contributed by atoms with Gasteiger partial charge in [-0.1, -0.05) is 6.92 Å². The Kier molecular flexibility index (Phi) is 5.06. The highest BCUT2D eigenvalue weighted by atomic mass is 16.4. The summed E-state index contributed by atoms with van der Waals surface area (Å²) < 4.78 is 5.62. The lowest BCUT2D eigenvalue weighted by molar-refractivity contribution is -0.0588. The number of likely N-dealkylation sites (tertiary alicyclic amines) is 3.